The number of amides is 1. The van der Waals surface area contributed by atoms with Crippen LogP contribution in [0.15, 0.2) is 66.1 Å². The summed E-state index contributed by atoms with van der Waals surface area (Å²) in [5.41, 5.74) is 3.45. The maximum Gasteiger partial charge on any atom is 0.252 e. The van der Waals surface area contributed by atoms with Crippen molar-refractivity contribution in [1.82, 2.24) is 20.1 Å². The van der Waals surface area contributed by atoms with Gasteiger partial charge in [-0.15, -0.1) is 0 Å². The number of nitrogens with zero attached hydrogens (tertiary/aromatic N) is 3. The normalized spacial score (nSPS) is 12.5. The van der Waals surface area contributed by atoms with Gasteiger partial charge in [0.2, 0.25) is 0 Å². The van der Waals surface area contributed by atoms with Gasteiger partial charge in [-0.2, -0.15) is 5.10 Å². The molecule has 154 valence electrons. The lowest BCUT2D eigenvalue weighted by atomic mass is 10.0. The van der Waals surface area contributed by atoms with Gasteiger partial charge < -0.3 is 5.32 Å². The first kappa shape index (κ1) is 21.6. The number of pyridine rings is 1. The van der Waals surface area contributed by atoms with Crippen LogP contribution in [0.4, 0.5) is 4.39 Å². The first-order valence-corrected chi connectivity index (χ1v) is 10.3. The van der Waals surface area contributed by atoms with Crippen molar-refractivity contribution in [2.24, 2.45) is 0 Å². The highest BCUT2D eigenvalue weighted by molar-refractivity contribution is 9.10. The minimum atomic E-state index is -0.326. The summed E-state index contributed by atoms with van der Waals surface area (Å²) in [4.78, 5) is 17.3. The largest absolute Gasteiger partial charge is 0.345 e. The van der Waals surface area contributed by atoms with E-state index < -0.39 is 0 Å². The number of hydrogen-bond acceptors (Lipinski definition) is 3. The number of rotatable bonds is 7. The third-order valence-corrected chi connectivity index (χ3v) is 5.19. The van der Waals surface area contributed by atoms with Gasteiger partial charge in [0.15, 0.2) is 0 Å². The number of benzene rings is 1. The predicted octanol–water partition coefficient (Wildman–Crippen LogP) is 5.48. The van der Waals surface area contributed by atoms with Crippen molar-refractivity contribution in [2.45, 2.75) is 26.3 Å². The minimum Gasteiger partial charge on any atom is -0.345 e. The Kier molecular flexibility index (Phi) is 6.95. The molecule has 1 N–H and O–H groups in total. The summed E-state index contributed by atoms with van der Waals surface area (Å²) < 4.78 is 15.6. The molecule has 0 fully saturated rings. The molecule has 0 saturated carbocycles. The molecule has 0 aliphatic rings. The van der Waals surface area contributed by atoms with E-state index in [9.17, 15) is 9.18 Å². The fourth-order valence-corrected chi connectivity index (χ4v) is 3.63. The topological polar surface area (TPSA) is 59.8 Å². The zero-order valence-corrected chi connectivity index (χ0v) is 18.4. The molecule has 2 heterocycles. The number of hydrogen-bond donors (Lipinski definition) is 1. The van der Waals surface area contributed by atoms with E-state index in [1.54, 1.807) is 48.3 Å². The number of nitrogens with one attached hydrogen (secondary N) is 1. The Labute approximate surface area is 183 Å². The van der Waals surface area contributed by atoms with Crippen LogP contribution in [0, 0.1) is 5.82 Å². The minimum absolute atomic E-state index is 0.161. The van der Waals surface area contributed by atoms with Gasteiger partial charge >= 0.3 is 0 Å². The van der Waals surface area contributed by atoms with Crippen LogP contribution < -0.4 is 5.32 Å². The van der Waals surface area contributed by atoms with Crippen molar-refractivity contribution in [3.05, 3.63) is 88.7 Å². The fourth-order valence-electron chi connectivity index (χ4n) is 3.25. The number of carbonyl (C=O) groups is 1. The molecule has 1 atom stereocenters. The Morgan fingerprint density at radius 2 is 2.07 bits per heavy atom. The molecule has 7 heteroatoms. The van der Waals surface area contributed by atoms with Gasteiger partial charge in [0.05, 0.1) is 23.6 Å². The van der Waals surface area contributed by atoms with Gasteiger partial charge in [0, 0.05) is 17.3 Å². The second-order valence-electron chi connectivity index (χ2n) is 6.58. The molecule has 0 spiro atoms. The molecule has 5 nitrogen and oxygen atoms in total. The SMILES string of the molecule is C=Cc1c(/C(=C\C)C(=O)NC(CC)c2ccnc(Br)c2)cnn1-c1ccc(F)cc1. The summed E-state index contributed by atoms with van der Waals surface area (Å²) in [5, 5.41) is 7.49. The Bertz CT molecular complexity index is 1090. The van der Waals surface area contributed by atoms with Gasteiger partial charge in [-0.1, -0.05) is 19.6 Å². The molecule has 0 aliphatic carbocycles. The molecule has 1 aromatic carbocycles. The smallest absolute Gasteiger partial charge is 0.252 e. The summed E-state index contributed by atoms with van der Waals surface area (Å²) in [7, 11) is 0. The summed E-state index contributed by atoms with van der Waals surface area (Å²) in [6.45, 7) is 7.69. The molecule has 1 unspecified atom stereocenters. The molecular weight excluding hydrogens is 447 g/mol. The van der Waals surface area contributed by atoms with E-state index in [-0.39, 0.29) is 17.8 Å². The first-order chi connectivity index (χ1) is 14.5. The van der Waals surface area contributed by atoms with Crippen molar-refractivity contribution >= 4 is 33.5 Å². The summed E-state index contributed by atoms with van der Waals surface area (Å²) >= 11 is 3.37. The van der Waals surface area contributed by atoms with E-state index in [2.05, 4.69) is 37.9 Å². The molecular formula is C23H22BrFN4O. The summed E-state index contributed by atoms with van der Waals surface area (Å²) in [6, 6.07) is 9.61. The van der Waals surface area contributed by atoms with Crippen LogP contribution in [0.2, 0.25) is 0 Å². The number of aromatic nitrogens is 3. The van der Waals surface area contributed by atoms with Crippen LogP contribution in [-0.2, 0) is 4.79 Å². The van der Waals surface area contributed by atoms with E-state index in [1.807, 2.05) is 19.1 Å². The van der Waals surface area contributed by atoms with Crippen molar-refractivity contribution in [2.75, 3.05) is 0 Å². The van der Waals surface area contributed by atoms with Crippen LogP contribution in [0.3, 0.4) is 0 Å². The highest BCUT2D eigenvalue weighted by Gasteiger charge is 2.21. The van der Waals surface area contributed by atoms with E-state index in [0.717, 1.165) is 12.0 Å². The van der Waals surface area contributed by atoms with Crippen molar-refractivity contribution in [3.63, 3.8) is 0 Å². The van der Waals surface area contributed by atoms with E-state index >= 15 is 0 Å². The molecule has 3 aromatic rings. The summed E-state index contributed by atoms with van der Waals surface area (Å²) in [5.74, 6) is -0.535. The first-order valence-electron chi connectivity index (χ1n) is 9.53. The third kappa shape index (κ3) is 4.57. The average molecular weight is 469 g/mol. The number of allylic oxidation sites excluding steroid dienone is 1. The lowest BCUT2D eigenvalue weighted by Crippen LogP contribution is -2.29. The van der Waals surface area contributed by atoms with E-state index in [0.29, 0.717) is 27.1 Å². The van der Waals surface area contributed by atoms with Gasteiger partial charge in [0.25, 0.3) is 5.91 Å². The Morgan fingerprint density at radius 1 is 1.33 bits per heavy atom. The summed E-state index contributed by atoms with van der Waals surface area (Å²) in [6.07, 6.45) is 7.44. The van der Waals surface area contributed by atoms with Crippen LogP contribution in [0.1, 0.15) is 43.1 Å². The van der Waals surface area contributed by atoms with Crippen LogP contribution in [0.5, 0.6) is 0 Å². The highest BCUT2D eigenvalue weighted by Crippen LogP contribution is 2.26. The number of carbonyl (C=O) groups excluding carboxylic acids is 1. The molecule has 0 bridgehead atoms. The monoisotopic (exact) mass is 468 g/mol. The van der Waals surface area contributed by atoms with Crippen molar-refractivity contribution < 1.29 is 9.18 Å². The highest BCUT2D eigenvalue weighted by atomic mass is 79.9. The van der Waals surface area contributed by atoms with Gasteiger partial charge in [-0.3, -0.25) is 4.79 Å². The van der Waals surface area contributed by atoms with Crippen LogP contribution >= 0.6 is 15.9 Å². The molecule has 1 amide bonds. The van der Waals surface area contributed by atoms with Crippen molar-refractivity contribution in [3.8, 4) is 5.69 Å². The Hall–Kier alpha value is -3.06. The van der Waals surface area contributed by atoms with E-state index in [4.69, 9.17) is 0 Å². The molecule has 2 aromatic heterocycles. The average Bonchev–Trinajstić information content (AvgIpc) is 3.16. The molecule has 3 rings (SSSR count). The second kappa shape index (κ2) is 9.63. The fraction of sp³-hybridized carbons (Fsp3) is 0.174. The Morgan fingerprint density at radius 3 is 2.67 bits per heavy atom. The standard InChI is InChI=1S/C23H22BrFN4O/c1-4-18(23(30)28-20(5-2)15-11-12-26-22(24)13-15)19-14-27-29(21(19)6-3)17-9-7-16(25)8-10-17/h4,6-14,20H,3,5H2,1-2H3,(H,28,30)/b18-4+. The van der Waals surface area contributed by atoms with Crippen LogP contribution in [-0.4, -0.2) is 20.7 Å². The molecule has 0 radical (unpaired) electrons. The van der Waals surface area contributed by atoms with Gasteiger partial charge in [-0.05, 0) is 77.3 Å². The van der Waals surface area contributed by atoms with E-state index in [1.165, 1.54) is 12.1 Å². The zero-order valence-electron chi connectivity index (χ0n) is 16.8. The lowest BCUT2D eigenvalue weighted by molar-refractivity contribution is -0.116. The van der Waals surface area contributed by atoms with Crippen molar-refractivity contribution in [1.29, 1.82) is 0 Å². The Balaban J connectivity index is 1.91. The second-order valence-corrected chi connectivity index (χ2v) is 7.40. The lowest BCUT2D eigenvalue weighted by Gasteiger charge is -2.19. The van der Waals surface area contributed by atoms with Crippen LogP contribution in [0.25, 0.3) is 17.3 Å². The third-order valence-electron chi connectivity index (χ3n) is 4.76. The number of halogens is 2. The maximum atomic E-state index is 13.3. The predicted molar refractivity (Wildman–Crippen MR) is 120 cm³/mol. The van der Waals surface area contributed by atoms with Gasteiger partial charge in [0.1, 0.15) is 10.4 Å². The molecule has 30 heavy (non-hydrogen) atoms. The molecule has 0 aliphatic heterocycles. The van der Waals surface area contributed by atoms with Gasteiger partial charge in [-0.25, -0.2) is 14.1 Å². The molecule has 0 saturated heterocycles. The maximum absolute atomic E-state index is 13.3. The quantitative estimate of drug-likeness (QED) is 0.368. The zero-order chi connectivity index (χ0) is 21.7.